The molecular formula is C11H17ClFN3O2S. The van der Waals surface area contributed by atoms with E-state index in [1.165, 1.54) is 19.2 Å². The molecule has 108 valence electrons. The van der Waals surface area contributed by atoms with E-state index in [9.17, 15) is 12.8 Å². The molecule has 0 aliphatic carbocycles. The van der Waals surface area contributed by atoms with Gasteiger partial charge in [0.25, 0.3) is 0 Å². The third-order valence-corrected chi connectivity index (χ3v) is 4.19. The summed E-state index contributed by atoms with van der Waals surface area (Å²) in [7, 11) is -0.559. The molecule has 0 saturated heterocycles. The van der Waals surface area contributed by atoms with Crippen LogP contribution in [0.3, 0.4) is 0 Å². The molecule has 0 unspecified atom stereocenters. The highest BCUT2D eigenvalue weighted by atomic mass is 35.5. The highest BCUT2D eigenvalue weighted by Gasteiger charge is 2.18. The Kier molecular flexibility index (Phi) is 5.99. The standard InChI is InChI=1S/C11H17ClFN3O2S/c1-14-6-3-7-16(2)19(17,18)15-11-8-9(12)4-5-10(11)13/h4-5,8,14-15H,3,6-7H2,1-2H3. The second-order valence-corrected chi connectivity index (χ2v) is 6.22. The molecule has 0 saturated carbocycles. The molecule has 0 aromatic heterocycles. The van der Waals surface area contributed by atoms with Gasteiger partial charge in [0, 0.05) is 18.6 Å². The average molecular weight is 310 g/mol. The van der Waals surface area contributed by atoms with Gasteiger partial charge in [-0.2, -0.15) is 12.7 Å². The minimum absolute atomic E-state index is 0.159. The predicted octanol–water partition coefficient (Wildman–Crippen LogP) is 1.68. The molecule has 0 heterocycles. The normalized spacial score (nSPS) is 11.8. The maximum absolute atomic E-state index is 13.5. The molecule has 0 aliphatic heterocycles. The van der Waals surface area contributed by atoms with E-state index in [-0.39, 0.29) is 10.7 Å². The molecule has 1 aromatic carbocycles. The van der Waals surface area contributed by atoms with Gasteiger partial charge in [-0.05, 0) is 38.2 Å². The third-order valence-electron chi connectivity index (χ3n) is 2.48. The summed E-state index contributed by atoms with van der Waals surface area (Å²) in [6.45, 7) is 1.03. The van der Waals surface area contributed by atoms with Gasteiger partial charge in [-0.15, -0.1) is 0 Å². The lowest BCUT2D eigenvalue weighted by Gasteiger charge is -2.18. The molecule has 0 aliphatic rings. The summed E-state index contributed by atoms with van der Waals surface area (Å²) in [5.74, 6) is -0.670. The summed E-state index contributed by atoms with van der Waals surface area (Å²) in [5, 5.41) is 3.18. The topological polar surface area (TPSA) is 61.4 Å². The number of benzene rings is 1. The van der Waals surface area contributed by atoms with Crippen LogP contribution in [0.2, 0.25) is 5.02 Å². The quantitative estimate of drug-likeness (QED) is 0.753. The second kappa shape index (κ2) is 7.04. The van der Waals surface area contributed by atoms with Gasteiger partial charge in [0.05, 0.1) is 5.69 Å². The van der Waals surface area contributed by atoms with Gasteiger partial charge in [0.1, 0.15) is 5.82 Å². The van der Waals surface area contributed by atoms with E-state index >= 15 is 0 Å². The number of anilines is 1. The van der Waals surface area contributed by atoms with Crippen molar-refractivity contribution in [1.29, 1.82) is 0 Å². The Morgan fingerprint density at radius 1 is 1.42 bits per heavy atom. The van der Waals surface area contributed by atoms with Crippen molar-refractivity contribution in [2.45, 2.75) is 6.42 Å². The van der Waals surface area contributed by atoms with E-state index < -0.39 is 16.0 Å². The highest BCUT2D eigenvalue weighted by Crippen LogP contribution is 2.21. The Morgan fingerprint density at radius 3 is 2.74 bits per heavy atom. The van der Waals surface area contributed by atoms with E-state index in [1.807, 2.05) is 0 Å². The van der Waals surface area contributed by atoms with Crippen LogP contribution in [-0.4, -0.2) is 39.9 Å². The Morgan fingerprint density at radius 2 is 2.11 bits per heavy atom. The van der Waals surface area contributed by atoms with E-state index in [2.05, 4.69) is 10.0 Å². The minimum atomic E-state index is -3.78. The fraction of sp³-hybridized carbons (Fsp3) is 0.455. The average Bonchev–Trinajstić information content (AvgIpc) is 2.33. The van der Waals surface area contributed by atoms with Gasteiger partial charge < -0.3 is 5.32 Å². The summed E-state index contributed by atoms with van der Waals surface area (Å²) in [5.41, 5.74) is -0.159. The number of hydrogen-bond donors (Lipinski definition) is 2. The lowest BCUT2D eigenvalue weighted by Crippen LogP contribution is -2.34. The lowest BCUT2D eigenvalue weighted by atomic mass is 10.3. The van der Waals surface area contributed by atoms with Crippen LogP contribution in [0.5, 0.6) is 0 Å². The van der Waals surface area contributed by atoms with Gasteiger partial charge in [-0.3, -0.25) is 4.72 Å². The molecule has 2 N–H and O–H groups in total. The number of nitrogens with zero attached hydrogens (tertiary/aromatic N) is 1. The van der Waals surface area contributed by atoms with Crippen LogP contribution in [0.15, 0.2) is 18.2 Å². The van der Waals surface area contributed by atoms with E-state index in [1.54, 1.807) is 7.05 Å². The summed E-state index contributed by atoms with van der Waals surface area (Å²) >= 11 is 5.70. The molecule has 0 spiro atoms. The molecule has 0 amide bonds. The number of rotatable bonds is 7. The number of halogens is 2. The van der Waals surface area contributed by atoms with Gasteiger partial charge in [0.15, 0.2) is 0 Å². The first-order valence-electron chi connectivity index (χ1n) is 5.70. The van der Waals surface area contributed by atoms with E-state index in [4.69, 9.17) is 11.6 Å². The second-order valence-electron chi connectivity index (χ2n) is 4.01. The van der Waals surface area contributed by atoms with Crippen molar-refractivity contribution >= 4 is 27.5 Å². The maximum atomic E-state index is 13.5. The smallest absolute Gasteiger partial charge is 0.301 e. The summed E-state index contributed by atoms with van der Waals surface area (Å²) in [4.78, 5) is 0. The summed E-state index contributed by atoms with van der Waals surface area (Å²) in [6, 6.07) is 3.70. The van der Waals surface area contributed by atoms with Crippen molar-refractivity contribution in [2.75, 3.05) is 31.9 Å². The van der Waals surface area contributed by atoms with Gasteiger partial charge >= 0.3 is 10.2 Å². The molecule has 8 heteroatoms. The predicted molar refractivity (Wildman–Crippen MR) is 75.1 cm³/mol. The number of hydrogen-bond acceptors (Lipinski definition) is 3. The zero-order chi connectivity index (χ0) is 14.5. The van der Waals surface area contributed by atoms with Gasteiger partial charge in [-0.1, -0.05) is 11.6 Å². The zero-order valence-electron chi connectivity index (χ0n) is 10.8. The molecule has 19 heavy (non-hydrogen) atoms. The van der Waals surface area contributed by atoms with Crippen LogP contribution in [0.4, 0.5) is 10.1 Å². The van der Waals surface area contributed by atoms with E-state index in [0.717, 1.165) is 10.4 Å². The van der Waals surface area contributed by atoms with Crippen LogP contribution in [0.1, 0.15) is 6.42 Å². The zero-order valence-corrected chi connectivity index (χ0v) is 12.4. The first-order valence-corrected chi connectivity index (χ1v) is 7.52. The lowest BCUT2D eigenvalue weighted by molar-refractivity contribution is 0.462. The summed E-state index contributed by atoms with van der Waals surface area (Å²) in [6.07, 6.45) is 0.659. The van der Waals surface area contributed by atoms with Crippen LogP contribution >= 0.6 is 11.6 Å². The number of nitrogens with one attached hydrogen (secondary N) is 2. The van der Waals surface area contributed by atoms with Gasteiger partial charge in [0.2, 0.25) is 0 Å². The molecule has 5 nitrogen and oxygen atoms in total. The first-order chi connectivity index (χ1) is 8.86. The van der Waals surface area contributed by atoms with Crippen molar-refractivity contribution in [3.63, 3.8) is 0 Å². The largest absolute Gasteiger partial charge is 0.320 e. The molecule has 0 bridgehead atoms. The first kappa shape index (κ1) is 16.2. The molecule has 0 atom stereocenters. The molecule has 1 rings (SSSR count). The fourth-order valence-electron chi connectivity index (χ4n) is 1.39. The SMILES string of the molecule is CNCCCN(C)S(=O)(=O)Nc1cc(Cl)ccc1F. The minimum Gasteiger partial charge on any atom is -0.320 e. The van der Waals surface area contributed by atoms with Crippen molar-refractivity contribution in [3.8, 4) is 0 Å². The van der Waals surface area contributed by atoms with Gasteiger partial charge in [-0.25, -0.2) is 4.39 Å². The van der Waals surface area contributed by atoms with Crippen LogP contribution in [0, 0.1) is 5.82 Å². The molecule has 0 radical (unpaired) electrons. The van der Waals surface area contributed by atoms with Crippen LogP contribution < -0.4 is 10.0 Å². The van der Waals surface area contributed by atoms with Crippen LogP contribution in [0.25, 0.3) is 0 Å². The molecule has 1 aromatic rings. The third kappa shape index (κ3) is 4.94. The van der Waals surface area contributed by atoms with Crippen molar-refractivity contribution in [1.82, 2.24) is 9.62 Å². The Labute approximate surface area is 117 Å². The van der Waals surface area contributed by atoms with Crippen LogP contribution in [-0.2, 0) is 10.2 Å². The Bertz CT molecular complexity index is 525. The van der Waals surface area contributed by atoms with Crippen molar-refractivity contribution < 1.29 is 12.8 Å². The Hall–Kier alpha value is -0.890. The van der Waals surface area contributed by atoms with Crippen molar-refractivity contribution in [2.24, 2.45) is 0 Å². The summed E-state index contributed by atoms with van der Waals surface area (Å²) < 4.78 is 40.6. The maximum Gasteiger partial charge on any atom is 0.301 e. The fourth-order valence-corrected chi connectivity index (χ4v) is 2.52. The van der Waals surface area contributed by atoms with E-state index in [0.29, 0.717) is 19.5 Å². The Balaban J connectivity index is 2.75. The van der Waals surface area contributed by atoms with Crippen molar-refractivity contribution in [3.05, 3.63) is 29.0 Å². The molecular weight excluding hydrogens is 293 g/mol. The molecule has 0 fully saturated rings. The monoisotopic (exact) mass is 309 g/mol. The highest BCUT2D eigenvalue weighted by molar-refractivity contribution is 7.90.